The molecule has 0 spiro atoms. The summed E-state index contributed by atoms with van der Waals surface area (Å²) in [6, 6.07) is 12.1. The maximum absolute atomic E-state index is 12.9. The molecule has 2 saturated heterocycles. The number of amides is 2. The zero-order chi connectivity index (χ0) is 23.8. The number of nitrogens with one attached hydrogen (secondary N) is 2. The van der Waals surface area contributed by atoms with Crippen LogP contribution < -0.4 is 10.8 Å². The van der Waals surface area contributed by atoms with Crippen LogP contribution >= 0.6 is 34.7 Å². The molecule has 2 amide bonds. The van der Waals surface area contributed by atoms with E-state index in [2.05, 4.69) is 22.9 Å². The van der Waals surface area contributed by atoms with Crippen molar-refractivity contribution in [1.29, 1.82) is 0 Å². The summed E-state index contributed by atoms with van der Waals surface area (Å²) in [5, 5.41) is 2.90. The number of carbonyl (C=O) groups is 2. The van der Waals surface area contributed by atoms with E-state index in [-0.39, 0.29) is 29.3 Å². The van der Waals surface area contributed by atoms with Crippen molar-refractivity contribution < 1.29 is 19.2 Å². The van der Waals surface area contributed by atoms with Gasteiger partial charge in [-0.2, -0.15) is 0 Å². The number of thiophene rings is 1. The molecule has 1 aromatic carbocycles. The first-order valence-electron chi connectivity index (χ1n) is 11.8. The molecule has 6 nitrogen and oxygen atoms in total. The average molecular weight is 523 g/mol. The maximum Gasteiger partial charge on any atom is 0.245 e. The molecule has 34 heavy (non-hydrogen) atoms. The van der Waals surface area contributed by atoms with Crippen molar-refractivity contribution in [3.8, 4) is 10.4 Å². The van der Waals surface area contributed by atoms with Crippen molar-refractivity contribution in [3.63, 3.8) is 0 Å². The van der Waals surface area contributed by atoms with Crippen LogP contribution in [0.1, 0.15) is 56.2 Å². The number of hydroxylamine groups is 1. The molecule has 1 aromatic heterocycles. The zero-order valence-corrected chi connectivity index (χ0v) is 21.5. The van der Waals surface area contributed by atoms with E-state index < -0.39 is 0 Å². The van der Waals surface area contributed by atoms with Gasteiger partial charge in [0.15, 0.2) is 6.29 Å². The van der Waals surface area contributed by atoms with Crippen LogP contribution in [0.5, 0.6) is 0 Å². The Hall–Kier alpha value is -1.58. The third-order valence-electron chi connectivity index (χ3n) is 6.05. The van der Waals surface area contributed by atoms with Crippen molar-refractivity contribution in [1.82, 2.24) is 5.48 Å². The Bertz CT molecular complexity index is 971. The number of thioether (sulfide) groups is 1. The minimum absolute atomic E-state index is 0.0940. The van der Waals surface area contributed by atoms with Crippen LogP contribution in [0.4, 0.5) is 5.69 Å². The molecule has 2 fully saturated rings. The van der Waals surface area contributed by atoms with Crippen LogP contribution in [-0.2, 0) is 23.9 Å². The summed E-state index contributed by atoms with van der Waals surface area (Å²) < 4.78 is 5.30. The van der Waals surface area contributed by atoms with Crippen molar-refractivity contribution in [2.45, 2.75) is 62.4 Å². The number of hydrogen-bond acceptors (Lipinski definition) is 6. The molecule has 184 valence electrons. The van der Waals surface area contributed by atoms with E-state index in [1.165, 1.54) is 11.3 Å². The molecule has 2 atom stereocenters. The van der Waals surface area contributed by atoms with Crippen molar-refractivity contribution in [2.75, 3.05) is 23.6 Å². The van der Waals surface area contributed by atoms with Gasteiger partial charge in [0, 0.05) is 47.2 Å². The first-order valence-corrected chi connectivity index (χ1v) is 14.2. The third kappa shape index (κ3) is 6.76. The summed E-state index contributed by atoms with van der Waals surface area (Å²) in [5.74, 6) is 1.13. The molecule has 3 heterocycles. The minimum atomic E-state index is -0.349. The average Bonchev–Trinajstić information content (AvgIpc) is 3.36. The fourth-order valence-corrected chi connectivity index (χ4v) is 7.36. The van der Waals surface area contributed by atoms with Gasteiger partial charge in [-0.15, -0.1) is 34.7 Å². The molecular formula is C25H31ClN2O4S2. The Balaban J connectivity index is 1.46. The Morgan fingerprint density at radius 3 is 2.82 bits per heavy atom. The van der Waals surface area contributed by atoms with Crippen LogP contribution in [0.3, 0.4) is 0 Å². The third-order valence-corrected chi connectivity index (χ3v) is 9.32. The Morgan fingerprint density at radius 2 is 2.06 bits per heavy atom. The lowest BCUT2D eigenvalue weighted by molar-refractivity contribution is -0.200. The number of benzene rings is 1. The predicted molar refractivity (Wildman–Crippen MR) is 139 cm³/mol. The van der Waals surface area contributed by atoms with Crippen LogP contribution in [-0.4, -0.2) is 36.3 Å². The lowest BCUT2D eigenvalue weighted by atomic mass is 9.94. The number of alkyl halides is 1. The lowest BCUT2D eigenvalue weighted by Crippen LogP contribution is -2.37. The van der Waals surface area contributed by atoms with Gasteiger partial charge in [-0.25, -0.2) is 10.3 Å². The van der Waals surface area contributed by atoms with Crippen LogP contribution in [0.25, 0.3) is 10.4 Å². The smallest absolute Gasteiger partial charge is 0.245 e. The van der Waals surface area contributed by atoms with E-state index in [9.17, 15) is 9.59 Å². The maximum atomic E-state index is 12.9. The van der Waals surface area contributed by atoms with E-state index in [0.717, 1.165) is 54.0 Å². The van der Waals surface area contributed by atoms with Crippen molar-refractivity contribution in [3.05, 3.63) is 41.3 Å². The highest BCUT2D eigenvalue weighted by Crippen LogP contribution is 2.51. The predicted octanol–water partition coefficient (Wildman–Crippen LogP) is 6.06. The van der Waals surface area contributed by atoms with Crippen LogP contribution in [0.15, 0.2) is 36.4 Å². The van der Waals surface area contributed by atoms with E-state index >= 15 is 0 Å². The van der Waals surface area contributed by atoms with Crippen molar-refractivity contribution >= 4 is 52.2 Å². The second-order valence-electron chi connectivity index (χ2n) is 8.65. The number of anilines is 1. The first kappa shape index (κ1) is 25.5. The summed E-state index contributed by atoms with van der Waals surface area (Å²) in [5.41, 5.74) is 4.44. The van der Waals surface area contributed by atoms with Gasteiger partial charge >= 0.3 is 0 Å². The monoisotopic (exact) mass is 522 g/mol. The van der Waals surface area contributed by atoms with E-state index in [1.54, 1.807) is 11.3 Å². The molecule has 1 unspecified atom stereocenters. The largest absolute Gasteiger partial charge is 0.350 e. The molecule has 2 N–H and O–H groups in total. The van der Waals surface area contributed by atoms with Gasteiger partial charge in [0.1, 0.15) is 0 Å². The van der Waals surface area contributed by atoms with Crippen molar-refractivity contribution in [2.24, 2.45) is 0 Å². The summed E-state index contributed by atoms with van der Waals surface area (Å²) in [6.45, 7) is 0.676. The molecule has 0 saturated carbocycles. The SMILES string of the molecule is O=C(C[C@]1(c2ccc(-c3cccc(NC(=O)CCCl)c3)s2)CCCCS1)NOC1CCCCO1. The van der Waals surface area contributed by atoms with Gasteiger partial charge in [0.05, 0.1) is 4.75 Å². The van der Waals surface area contributed by atoms with Gasteiger partial charge < -0.3 is 10.1 Å². The Labute approximate surface area is 214 Å². The number of ether oxygens (including phenoxy) is 1. The van der Waals surface area contributed by atoms with E-state index in [0.29, 0.717) is 18.9 Å². The highest BCUT2D eigenvalue weighted by atomic mass is 35.5. The molecule has 2 aliphatic heterocycles. The number of halogens is 1. The van der Waals surface area contributed by atoms with Crippen LogP contribution in [0.2, 0.25) is 0 Å². The van der Waals surface area contributed by atoms with Crippen LogP contribution in [0, 0.1) is 0 Å². The van der Waals surface area contributed by atoms with Gasteiger partial charge in [0.2, 0.25) is 11.8 Å². The molecule has 9 heteroatoms. The zero-order valence-electron chi connectivity index (χ0n) is 19.1. The summed E-state index contributed by atoms with van der Waals surface area (Å²) in [7, 11) is 0. The topological polar surface area (TPSA) is 76.7 Å². The van der Waals surface area contributed by atoms with Gasteiger partial charge in [-0.3, -0.25) is 9.59 Å². The van der Waals surface area contributed by atoms with Gasteiger partial charge in [-0.1, -0.05) is 18.6 Å². The molecule has 2 aliphatic rings. The lowest BCUT2D eigenvalue weighted by Gasteiger charge is -2.35. The molecule has 0 bridgehead atoms. The number of rotatable bonds is 9. The molecule has 0 radical (unpaired) electrons. The Kier molecular flexibility index (Phi) is 9.31. The second kappa shape index (κ2) is 12.4. The minimum Gasteiger partial charge on any atom is -0.350 e. The molecule has 4 rings (SSSR count). The summed E-state index contributed by atoms with van der Waals surface area (Å²) in [6.07, 6.45) is 6.43. The number of carbonyl (C=O) groups excluding carboxylic acids is 2. The Morgan fingerprint density at radius 1 is 1.15 bits per heavy atom. The highest BCUT2D eigenvalue weighted by molar-refractivity contribution is 8.00. The highest BCUT2D eigenvalue weighted by Gasteiger charge is 2.38. The summed E-state index contributed by atoms with van der Waals surface area (Å²) in [4.78, 5) is 32.6. The van der Waals surface area contributed by atoms with Gasteiger partial charge in [0.25, 0.3) is 0 Å². The standard InChI is InChI=1S/C25H31ClN2O4S2/c26-13-11-22(29)27-19-7-5-6-18(16-19)20-9-10-21(34-20)25(12-2-4-15-33-25)17-23(30)28-32-24-8-1-3-14-31-24/h5-7,9-10,16,24H,1-4,8,11-15,17H2,(H,27,29)(H,28,30)/t24?,25-/m0/s1. The van der Waals surface area contributed by atoms with Gasteiger partial charge in [-0.05, 0) is 61.3 Å². The molecular weight excluding hydrogens is 492 g/mol. The number of hydrogen-bond donors (Lipinski definition) is 2. The second-order valence-corrected chi connectivity index (χ2v) is 11.6. The fraction of sp³-hybridized carbons (Fsp3) is 0.520. The molecule has 0 aliphatic carbocycles. The quantitative estimate of drug-likeness (QED) is 0.309. The fourth-order valence-electron chi connectivity index (χ4n) is 4.30. The normalized spacial score (nSPS) is 22.8. The van der Waals surface area contributed by atoms with E-state index in [1.807, 2.05) is 36.0 Å². The van der Waals surface area contributed by atoms with E-state index in [4.69, 9.17) is 21.2 Å². The molecule has 2 aromatic rings. The summed E-state index contributed by atoms with van der Waals surface area (Å²) >= 11 is 9.26. The first-order chi connectivity index (χ1) is 16.6.